The fourth-order valence-electron chi connectivity index (χ4n) is 1.95. The standard InChI is InChI=1S/C12H16O4/c1-6-4-7(2)9(8(3)5-6)10(13)11(14)12(15)16/h4-5,10-11,13-14H,1-3H3,(H,15,16)/t10-,11+/m0/s1. The second-order valence-corrected chi connectivity index (χ2v) is 4.04. The number of carboxylic acids is 1. The zero-order valence-electron chi connectivity index (χ0n) is 9.56. The number of carbonyl (C=O) groups is 1. The van der Waals surface area contributed by atoms with Gasteiger partial charge < -0.3 is 15.3 Å². The molecule has 1 rings (SSSR count). The molecule has 0 aliphatic heterocycles. The molecule has 0 heterocycles. The van der Waals surface area contributed by atoms with Crippen LogP contribution in [0.3, 0.4) is 0 Å². The van der Waals surface area contributed by atoms with Crippen molar-refractivity contribution in [2.45, 2.75) is 33.0 Å². The van der Waals surface area contributed by atoms with Crippen molar-refractivity contribution in [2.75, 3.05) is 0 Å². The third kappa shape index (κ3) is 2.40. The van der Waals surface area contributed by atoms with Crippen molar-refractivity contribution in [3.63, 3.8) is 0 Å². The minimum Gasteiger partial charge on any atom is -0.479 e. The predicted octanol–water partition coefficient (Wildman–Crippen LogP) is 1.09. The van der Waals surface area contributed by atoms with Gasteiger partial charge in [-0.05, 0) is 37.5 Å². The first-order valence-corrected chi connectivity index (χ1v) is 5.01. The number of aryl methyl sites for hydroxylation is 3. The van der Waals surface area contributed by atoms with Crippen molar-refractivity contribution in [1.82, 2.24) is 0 Å². The number of aliphatic hydroxyl groups is 2. The van der Waals surface area contributed by atoms with Gasteiger partial charge in [0, 0.05) is 0 Å². The Morgan fingerprint density at radius 2 is 1.56 bits per heavy atom. The predicted molar refractivity (Wildman–Crippen MR) is 59.3 cm³/mol. The van der Waals surface area contributed by atoms with Gasteiger partial charge in [-0.3, -0.25) is 0 Å². The minimum atomic E-state index is -1.79. The van der Waals surface area contributed by atoms with E-state index in [2.05, 4.69) is 0 Å². The molecule has 4 heteroatoms. The van der Waals surface area contributed by atoms with Gasteiger partial charge in [0.15, 0.2) is 6.10 Å². The Morgan fingerprint density at radius 1 is 1.12 bits per heavy atom. The van der Waals surface area contributed by atoms with Gasteiger partial charge in [-0.15, -0.1) is 0 Å². The lowest BCUT2D eigenvalue weighted by molar-refractivity contribution is -0.153. The van der Waals surface area contributed by atoms with Crippen LogP contribution in [0.15, 0.2) is 12.1 Å². The normalized spacial score (nSPS) is 14.6. The summed E-state index contributed by atoms with van der Waals surface area (Å²) in [6.07, 6.45) is -3.18. The molecule has 16 heavy (non-hydrogen) atoms. The molecule has 1 aromatic carbocycles. The number of hydrogen-bond donors (Lipinski definition) is 3. The van der Waals surface area contributed by atoms with Crippen LogP contribution in [0.25, 0.3) is 0 Å². The summed E-state index contributed by atoms with van der Waals surface area (Å²) in [4.78, 5) is 10.6. The zero-order chi connectivity index (χ0) is 12.5. The van der Waals surface area contributed by atoms with Crippen LogP contribution < -0.4 is 0 Å². The summed E-state index contributed by atoms with van der Waals surface area (Å²) in [5.41, 5.74) is 3.09. The summed E-state index contributed by atoms with van der Waals surface area (Å²) in [5, 5.41) is 27.7. The largest absolute Gasteiger partial charge is 0.479 e. The molecule has 0 aliphatic rings. The molecule has 0 bridgehead atoms. The Morgan fingerprint density at radius 3 is 1.94 bits per heavy atom. The van der Waals surface area contributed by atoms with Crippen molar-refractivity contribution >= 4 is 5.97 Å². The van der Waals surface area contributed by atoms with E-state index >= 15 is 0 Å². The summed E-state index contributed by atoms with van der Waals surface area (Å²) in [6, 6.07) is 3.69. The van der Waals surface area contributed by atoms with Gasteiger partial charge in [-0.1, -0.05) is 17.7 Å². The molecule has 0 aliphatic carbocycles. The average Bonchev–Trinajstić information content (AvgIpc) is 2.14. The molecule has 0 amide bonds. The monoisotopic (exact) mass is 224 g/mol. The molecule has 0 fully saturated rings. The molecule has 0 radical (unpaired) electrons. The molecule has 88 valence electrons. The SMILES string of the molecule is Cc1cc(C)c([C@H](O)[C@@H](O)C(=O)O)c(C)c1. The summed E-state index contributed by atoms with van der Waals surface area (Å²) in [6.45, 7) is 5.49. The average molecular weight is 224 g/mol. The highest BCUT2D eigenvalue weighted by molar-refractivity contribution is 5.73. The van der Waals surface area contributed by atoms with Gasteiger partial charge in [-0.25, -0.2) is 4.79 Å². The number of benzene rings is 1. The quantitative estimate of drug-likeness (QED) is 0.718. The van der Waals surface area contributed by atoms with E-state index in [1.807, 2.05) is 19.1 Å². The third-order valence-electron chi connectivity index (χ3n) is 2.59. The highest BCUT2D eigenvalue weighted by Gasteiger charge is 2.27. The fraction of sp³-hybridized carbons (Fsp3) is 0.417. The highest BCUT2D eigenvalue weighted by atomic mass is 16.4. The topological polar surface area (TPSA) is 77.8 Å². The van der Waals surface area contributed by atoms with Crippen LogP contribution in [0.2, 0.25) is 0 Å². The maximum absolute atomic E-state index is 10.6. The molecule has 1 aromatic rings. The van der Waals surface area contributed by atoms with E-state index in [1.54, 1.807) is 13.8 Å². The van der Waals surface area contributed by atoms with E-state index in [-0.39, 0.29) is 0 Å². The first-order valence-electron chi connectivity index (χ1n) is 5.01. The molecule has 2 atom stereocenters. The smallest absolute Gasteiger partial charge is 0.335 e. The first kappa shape index (κ1) is 12.7. The van der Waals surface area contributed by atoms with Gasteiger partial charge in [0.05, 0.1) is 0 Å². The van der Waals surface area contributed by atoms with E-state index in [0.29, 0.717) is 5.56 Å². The molecular formula is C12H16O4. The summed E-state index contributed by atoms with van der Waals surface area (Å²) in [7, 11) is 0. The molecule has 0 unspecified atom stereocenters. The number of hydrogen-bond acceptors (Lipinski definition) is 3. The van der Waals surface area contributed by atoms with Crippen LogP contribution >= 0.6 is 0 Å². The van der Waals surface area contributed by atoms with Crippen molar-refractivity contribution in [3.8, 4) is 0 Å². The van der Waals surface area contributed by atoms with Gasteiger partial charge in [0.1, 0.15) is 6.10 Å². The van der Waals surface area contributed by atoms with Crippen molar-refractivity contribution < 1.29 is 20.1 Å². The van der Waals surface area contributed by atoms with E-state index in [0.717, 1.165) is 16.7 Å². The maximum atomic E-state index is 10.6. The van der Waals surface area contributed by atoms with E-state index < -0.39 is 18.2 Å². The van der Waals surface area contributed by atoms with Crippen LogP contribution in [-0.2, 0) is 4.79 Å². The second kappa shape index (κ2) is 4.63. The van der Waals surface area contributed by atoms with Crippen LogP contribution in [0.4, 0.5) is 0 Å². The molecule has 4 nitrogen and oxygen atoms in total. The van der Waals surface area contributed by atoms with Gasteiger partial charge in [-0.2, -0.15) is 0 Å². The van der Waals surface area contributed by atoms with Crippen LogP contribution in [-0.4, -0.2) is 27.4 Å². The molecule has 3 N–H and O–H groups in total. The van der Waals surface area contributed by atoms with Crippen LogP contribution in [0.1, 0.15) is 28.4 Å². The lowest BCUT2D eigenvalue weighted by Crippen LogP contribution is -2.28. The molecule has 0 saturated carbocycles. The third-order valence-corrected chi connectivity index (χ3v) is 2.59. The van der Waals surface area contributed by atoms with Gasteiger partial charge in [0.25, 0.3) is 0 Å². The van der Waals surface area contributed by atoms with E-state index in [4.69, 9.17) is 5.11 Å². The highest BCUT2D eigenvalue weighted by Crippen LogP contribution is 2.25. The zero-order valence-corrected chi connectivity index (χ0v) is 9.56. The summed E-state index contributed by atoms with van der Waals surface area (Å²) < 4.78 is 0. The number of aliphatic carboxylic acids is 1. The number of rotatable bonds is 3. The minimum absolute atomic E-state index is 0.487. The molecule has 0 saturated heterocycles. The van der Waals surface area contributed by atoms with Crippen molar-refractivity contribution in [2.24, 2.45) is 0 Å². The Bertz CT molecular complexity index is 388. The maximum Gasteiger partial charge on any atom is 0.335 e. The van der Waals surface area contributed by atoms with Crippen molar-refractivity contribution in [1.29, 1.82) is 0 Å². The molecule has 0 aromatic heterocycles. The lowest BCUT2D eigenvalue weighted by Gasteiger charge is -2.19. The van der Waals surface area contributed by atoms with Gasteiger partial charge >= 0.3 is 5.97 Å². The molecule has 0 spiro atoms. The van der Waals surface area contributed by atoms with Crippen LogP contribution in [0.5, 0.6) is 0 Å². The lowest BCUT2D eigenvalue weighted by atomic mass is 9.93. The summed E-state index contributed by atoms with van der Waals surface area (Å²) >= 11 is 0. The number of carboxylic acid groups (broad SMARTS) is 1. The van der Waals surface area contributed by atoms with E-state index in [9.17, 15) is 15.0 Å². The Labute approximate surface area is 94.2 Å². The van der Waals surface area contributed by atoms with Crippen LogP contribution in [0, 0.1) is 20.8 Å². The summed E-state index contributed by atoms with van der Waals surface area (Å²) in [5.74, 6) is -1.42. The number of aliphatic hydroxyl groups excluding tert-OH is 2. The molecular weight excluding hydrogens is 208 g/mol. The second-order valence-electron chi connectivity index (χ2n) is 4.04. The van der Waals surface area contributed by atoms with Gasteiger partial charge in [0.2, 0.25) is 0 Å². The van der Waals surface area contributed by atoms with E-state index in [1.165, 1.54) is 0 Å². The first-order chi connectivity index (χ1) is 7.34. The fourth-order valence-corrected chi connectivity index (χ4v) is 1.95. The van der Waals surface area contributed by atoms with Crippen molar-refractivity contribution in [3.05, 3.63) is 34.4 Å². The Balaban J connectivity index is 3.18. The Hall–Kier alpha value is -1.39. The Kier molecular flexibility index (Phi) is 3.67.